The van der Waals surface area contributed by atoms with Crippen molar-refractivity contribution in [3.8, 4) is 11.6 Å². The molecule has 0 aliphatic carbocycles. The number of nitrogens with two attached hydrogens (primary N) is 1. The van der Waals surface area contributed by atoms with Crippen molar-refractivity contribution < 1.29 is 13.5 Å². The van der Waals surface area contributed by atoms with Gasteiger partial charge in [-0.3, -0.25) is 0 Å². The van der Waals surface area contributed by atoms with Crippen molar-refractivity contribution in [3.63, 3.8) is 0 Å². The van der Waals surface area contributed by atoms with Crippen LogP contribution in [0.2, 0.25) is 0 Å². The number of nitrogen functional groups attached to an aromatic ring is 1. The molecule has 4 nitrogen and oxygen atoms in total. The molecule has 1 aromatic heterocycles. The van der Waals surface area contributed by atoms with E-state index in [0.717, 1.165) is 18.2 Å². The number of nitrogens with zero attached hydrogens (tertiary/aromatic N) is 2. The predicted octanol–water partition coefficient (Wildman–Crippen LogP) is 2.44. The fourth-order valence-corrected chi connectivity index (χ4v) is 1.21. The van der Waals surface area contributed by atoms with Crippen molar-refractivity contribution >= 4 is 5.82 Å². The molecule has 1 heterocycles. The summed E-state index contributed by atoms with van der Waals surface area (Å²) < 4.78 is 31.4. The molecule has 0 amide bonds. The van der Waals surface area contributed by atoms with Gasteiger partial charge >= 0.3 is 0 Å². The van der Waals surface area contributed by atoms with E-state index in [1.54, 1.807) is 6.92 Å². The number of ether oxygens (including phenoxy) is 1. The molecule has 0 fully saturated rings. The van der Waals surface area contributed by atoms with Gasteiger partial charge in [0.1, 0.15) is 18.0 Å². The number of aromatic nitrogens is 2. The van der Waals surface area contributed by atoms with Gasteiger partial charge in [-0.15, -0.1) is 0 Å². The second kappa shape index (κ2) is 4.32. The molecular weight excluding hydrogens is 228 g/mol. The summed E-state index contributed by atoms with van der Waals surface area (Å²) in [5.74, 6) is -1.19. The number of benzene rings is 1. The van der Waals surface area contributed by atoms with Crippen LogP contribution in [-0.2, 0) is 0 Å². The van der Waals surface area contributed by atoms with Crippen molar-refractivity contribution in [2.75, 3.05) is 5.73 Å². The molecular formula is C11H9F2N3O. The Kier molecular flexibility index (Phi) is 2.86. The van der Waals surface area contributed by atoms with Crippen LogP contribution in [0.4, 0.5) is 14.6 Å². The fourth-order valence-electron chi connectivity index (χ4n) is 1.21. The number of anilines is 1. The molecule has 88 valence electrons. The molecule has 2 N–H and O–H groups in total. The van der Waals surface area contributed by atoms with Gasteiger partial charge in [0.25, 0.3) is 0 Å². The van der Waals surface area contributed by atoms with Crippen molar-refractivity contribution in [2.45, 2.75) is 6.92 Å². The average molecular weight is 237 g/mol. The lowest BCUT2D eigenvalue weighted by Crippen LogP contribution is -2.00. The molecule has 0 saturated carbocycles. The van der Waals surface area contributed by atoms with Crippen molar-refractivity contribution in [3.05, 3.63) is 41.7 Å². The zero-order valence-electron chi connectivity index (χ0n) is 8.95. The van der Waals surface area contributed by atoms with Crippen LogP contribution in [0.1, 0.15) is 5.56 Å². The summed E-state index contributed by atoms with van der Waals surface area (Å²) in [7, 11) is 0. The Labute approximate surface area is 96.1 Å². The minimum atomic E-state index is -0.678. The number of hydrogen-bond donors (Lipinski definition) is 1. The standard InChI is InChI=1S/C11H9F2N3O/c1-6-10(14)15-5-16-11(6)17-9-4-7(12)2-3-8(9)13/h2-5H,1H3,(H2,14,15,16). The highest BCUT2D eigenvalue weighted by Crippen LogP contribution is 2.27. The average Bonchev–Trinajstić information content (AvgIpc) is 2.30. The maximum Gasteiger partial charge on any atom is 0.227 e. The first-order valence-corrected chi connectivity index (χ1v) is 4.78. The van der Waals surface area contributed by atoms with Gasteiger partial charge in [0.05, 0.1) is 5.56 Å². The van der Waals surface area contributed by atoms with E-state index in [9.17, 15) is 8.78 Å². The second-order valence-electron chi connectivity index (χ2n) is 3.37. The summed E-state index contributed by atoms with van der Waals surface area (Å²) in [6.45, 7) is 1.63. The highest BCUT2D eigenvalue weighted by Gasteiger charge is 2.10. The Morgan fingerprint density at radius 2 is 2.00 bits per heavy atom. The molecule has 6 heteroatoms. The zero-order valence-corrected chi connectivity index (χ0v) is 8.95. The van der Waals surface area contributed by atoms with Crippen LogP contribution in [-0.4, -0.2) is 9.97 Å². The first-order valence-electron chi connectivity index (χ1n) is 4.78. The molecule has 0 spiro atoms. The van der Waals surface area contributed by atoms with E-state index in [2.05, 4.69) is 9.97 Å². The Bertz CT molecular complexity index is 560. The molecule has 0 radical (unpaired) electrons. The number of halogens is 2. The van der Waals surface area contributed by atoms with Gasteiger partial charge < -0.3 is 10.5 Å². The molecule has 0 atom stereocenters. The first-order chi connectivity index (χ1) is 8.08. The lowest BCUT2D eigenvalue weighted by molar-refractivity contribution is 0.419. The summed E-state index contributed by atoms with van der Waals surface area (Å²) in [6.07, 6.45) is 1.19. The van der Waals surface area contributed by atoms with E-state index in [0.29, 0.717) is 5.56 Å². The van der Waals surface area contributed by atoms with E-state index in [4.69, 9.17) is 10.5 Å². The molecule has 2 aromatic rings. The van der Waals surface area contributed by atoms with Gasteiger partial charge in [0.15, 0.2) is 11.6 Å². The highest BCUT2D eigenvalue weighted by molar-refractivity contribution is 5.44. The van der Waals surface area contributed by atoms with Gasteiger partial charge in [-0.25, -0.2) is 18.7 Å². The molecule has 0 aliphatic rings. The topological polar surface area (TPSA) is 61.0 Å². The van der Waals surface area contributed by atoms with E-state index >= 15 is 0 Å². The summed E-state index contributed by atoms with van der Waals surface area (Å²) >= 11 is 0. The summed E-state index contributed by atoms with van der Waals surface area (Å²) in [5, 5.41) is 0. The van der Waals surface area contributed by atoms with E-state index in [1.807, 2.05) is 0 Å². The molecule has 17 heavy (non-hydrogen) atoms. The van der Waals surface area contributed by atoms with Gasteiger partial charge in [0.2, 0.25) is 5.88 Å². The Balaban J connectivity index is 2.38. The molecule has 0 bridgehead atoms. The number of rotatable bonds is 2. The maximum atomic E-state index is 13.3. The molecule has 1 aromatic carbocycles. The number of hydrogen-bond acceptors (Lipinski definition) is 4. The highest BCUT2D eigenvalue weighted by atomic mass is 19.1. The predicted molar refractivity (Wildman–Crippen MR) is 57.6 cm³/mol. The maximum absolute atomic E-state index is 13.3. The van der Waals surface area contributed by atoms with Crippen LogP contribution < -0.4 is 10.5 Å². The van der Waals surface area contributed by atoms with Crippen LogP contribution in [0.15, 0.2) is 24.5 Å². The lowest BCUT2D eigenvalue weighted by Gasteiger charge is -2.08. The Morgan fingerprint density at radius 1 is 1.24 bits per heavy atom. The Hall–Kier alpha value is -2.24. The third-order valence-corrected chi connectivity index (χ3v) is 2.18. The van der Waals surface area contributed by atoms with Gasteiger partial charge in [0, 0.05) is 6.07 Å². The SMILES string of the molecule is Cc1c(N)ncnc1Oc1cc(F)ccc1F. The molecule has 0 aliphatic heterocycles. The van der Waals surface area contributed by atoms with Crippen LogP contribution in [0.25, 0.3) is 0 Å². The molecule has 0 saturated heterocycles. The third-order valence-electron chi connectivity index (χ3n) is 2.18. The van der Waals surface area contributed by atoms with Crippen molar-refractivity contribution in [1.29, 1.82) is 0 Å². The first kappa shape index (κ1) is 11.3. The van der Waals surface area contributed by atoms with Gasteiger partial charge in [-0.1, -0.05) is 0 Å². The van der Waals surface area contributed by atoms with E-state index in [1.165, 1.54) is 6.33 Å². The second-order valence-corrected chi connectivity index (χ2v) is 3.37. The van der Waals surface area contributed by atoms with Crippen LogP contribution >= 0.6 is 0 Å². The van der Waals surface area contributed by atoms with Gasteiger partial charge in [-0.05, 0) is 19.1 Å². The minimum absolute atomic E-state index is 0.0991. The zero-order chi connectivity index (χ0) is 12.4. The van der Waals surface area contributed by atoms with E-state index in [-0.39, 0.29) is 17.4 Å². The summed E-state index contributed by atoms with van der Waals surface area (Å²) in [6, 6.07) is 2.92. The monoisotopic (exact) mass is 237 g/mol. The lowest BCUT2D eigenvalue weighted by atomic mass is 10.3. The van der Waals surface area contributed by atoms with Crippen LogP contribution in [0, 0.1) is 18.6 Å². The summed E-state index contributed by atoms with van der Waals surface area (Å²) in [5.41, 5.74) is 6.01. The fraction of sp³-hybridized carbons (Fsp3) is 0.0909. The van der Waals surface area contributed by atoms with Crippen LogP contribution in [0.3, 0.4) is 0 Å². The largest absolute Gasteiger partial charge is 0.435 e. The minimum Gasteiger partial charge on any atom is -0.435 e. The Morgan fingerprint density at radius 3 is 2.76 bits per heavy atom. The summed E-state index contributed by atoms with van der Waals surface area (Å²) in [4.78, 5) is 7.54. The quantitative estimate of drug-likeness (QED) is 0.871. The van der Waals surface area contributed by atoms with E-state index < -0.39 is 11.6 Å². The van der Waals surface area contributed by atoms with Crippen molar-refractivity contribution in [1.82, 2.24) is 9.97 Å². The smallest absolute Gasteiger partial charge is 0.227 e. The third kappa shape index (κ3) is 2.30. The normalized spacial score (nSPS) is 10.3. The van der Waals surface area contributed by atoms with Crippen LogP contribution in [0.5, 0.6) is 11.6 Å². The molecule has 0 unspecified atom stereocenters. The molecule has 2 rings (SSSR count). The van der Waals surface area contributed by atoms with Crippen molar-refractivity contribution in [2.24, 2.45) is 0 Å². The van der Waals surface area contributed by atoms with Gasteiger partial charge in [-0.2, -0.15) is 0 Å².